The minimum Gasteiger partial charge on any atom is -0.476 e. The van der Waals surface area contributed by atoms with Gasteiger partial charge in [0.2, 0.25) is 0 Å². The van der Waals surface area contributed by atoms with Gasteiger partial charge in [0.25, 0.3) is 0 Å². The molecule has 1 rings (SSSR count). The second-order valence-electron chi connectivity index (χ2n) is 2.72. The number of hydrogen-bond donors (Lipinski definition) is 2. The summed E-state index contributed by atoms with van der Waals surface area (Å²) >= 11 is 0. The van der Waals surface area contributed by atoms with Crippen molar-refractivity contribution in [2.24, 2.45) is 0 Å². The highest BCUT2D eigenvalue weighted by molar-refractivity contribution is 5.92. The first-order valence-electron chi connectivity index (χ1n) is 3.67. The number of carbonyl (C=O) groups excluding carboxylic acids is 1. The van der Waals surface area contributed by atoms with E-state index in [2.05, 4.69) is 4.98 Å². The van der Waals surface area contributed by atoms with E-state index in [0.717, 1.165) is 12.1 Å². The first kappa shape index (κ1) is 10.4. The summed E-state index contributed by atoms with van der Waals surface area (Å²) in [5.41, 5.74) is -0.837. The van der Waals surface area contributed by atoms with Crippen LogP contribution in [0.4, 0.5) is 8.78 Å². The van der Waals surface area contributed by atoms with E-state index in [-0.39, 0.29) is 5.69 Å². The Balaban J connectivity index is 3.09. The van der Waals surface area contributed by atoms with Crippen LogP contribution in [-0.2, 0) is 10.7 Å². The molecule has 76 valence electrons. The van der Waals surface area contributed by atoms with Gasteiger partial charge in [-0.1, -0.05) is 0 Å². The summed E-state index contributed by atoms with van der Waals surface area (Å²) in [6.07, 6.45) is 0. The highest BCUT2D eigenvalue weighted by Crippen LogP contribution is 2.27. The molecule has 0 radical (unpaired) electrons. The Kier molecular flexibility index (Phi) is 2.37. The Labute approximate surface area is 77.5 Å². The number of Topliss-reactive ketones (excluding diaryl/α,β-unsaturated/α-hetero) is 1. The average molecular weight is 203 g/mol. The molecule has 0 fully saturated rings. The van der Waals surface area contributed by atoms with Gasteiger partial charge < -0.3 is 10.1 Å². The summed E-state index contributed by atoms with van der Waals surface area (Å²) < 4.78 is 25.6. The molecule has 0 saturated carbocycles. The maximum absolute atomic E-state index is 12.8. The molecule has 0 unspecified atom stereocenters. The molecule has 0 aliphatic heterocycles. The fraction of sp³-hybridized carbons (Fsp3) is 0.250. The topological polar surface area (TPSA) is 70.2 Å². The molecule has 4 nitrogen and oxygen atoms in total. The normalized spacial score (nSPS) is 11.4. The second kappa shape index (κ2) is 3.21. The highest BCUT2D eigenvalue weighted by atomic mass is 19.3. The van der Waals surface area contributed by atoms with Crippen molar-refractivity contribution < 1.29 is 23.5 Å². The number of hydrogen-bond acceptors (Lipinski definition) is 2. The van der Waals surface area contributed by atoms with Crippen molar-refractivity contribution in [1.29, 1.82) is 0 Å². The molecule has 0 aromatic carbocycles. The lowest BCUT2D eigenvalue weighted by molar-refractivity contribution is -0.166. The zero-order chi connectivity index (χ0) is 10.9. The molecule has 2 N–H and O–H groups in total. The maximum Gasteiger partial charge on any atom is 0.382 e. The van der Waals surface area contributed by atoms with Crippen molar-refractivity contribution in [3.8, 4) is 0 Å². The molecular formula is C8H7F2NO3. The van der Waals surface area contributed by atoms with E-state index in [0.29, 0.717) is 0 Å². The van der Waals surface area contributed by atoms with Gasteiger partial charge in [-0.2, -0.15) is 8.78 Å². The van der Waals surface area contributed by atoms with E-state index in [1.54, 1.807) is 0 Å². The van der Waals surface area contributed by atoms with Crippen molar-refractivity contribution in [3.63, 3.8) is 0 Å². The molecule has 0 aliphatic rings. The van der Waals surface area contributed by atoms with Gasteiger partial charge in [0.05, 0.1) is 11.4 Å². The third kappa shape index (κ3) is 1.63. The summed E-state index contributed by atoms with van der Waals surface area (Å²) in [5, 5.41) is 8.19. The van der Waals surface area contributed by atoms with Crippen LogP contribution in [-0.4, -0.2) is 21.8 Å². The van der Waals surface area contributed by atoms with E-state index in [1.807, 2.05) is 0 Å². The first-order chi connectivity index (χ1) is 6.35. The molecule has 0 bridgehead atoms. The number of aliphatic carboxylic acids is 1. The van der Waals surface area contributed by atoms with Gasteiger partial charge in [-0.05, 0) is 12.1 Å². The fourth-order valence-electron chi connectivity index (χ4n) is 0.899. The van der Waals surface area contributed by atoms with Crippen LogP contribution in [0.25, 0.3) is 0 Å². The number of carboxylic acids is 1. The number of carboxylic acid groups (broad SMARTS) is 1. The lowest BCUT2D eigenvalue weighted by atomic mass is 10.2. The van der Waals surface area contributed by atoms with E-state index in [4.69, 9.17) is 5.11 Å². The Morgan fingerprint density at radius 2 is 2.00 bits per heavy atom. The predicted octanol–water partition coefficient (Wildman–Crippen LogP) is 1.39. The third-order valence-corrected chi connectivity index (χ3v) is 1.67. The largest absolute Gasteiger partial charge is 0.476 e. The zero-order valence-corrected chi connectivity index (χ0v) is 7.17. The van der Waals surface area contributed by atoms with Gasteiger partial charge in [-0.15, -0.1) is 0 Å². The lowest BCUT2D eigenvalue weighted by Gasteiger charge is -2.07. The van der Waals surface area contributed by atoms with Crippen LogP contribution in [0, 0.1) is 0 Å². The number of H-pyrrole nitrogens is 1. The molecule has 0 spiro atoms. The number of aromatic amines is 1. The monoisotopic (exact) mass is 203 g/mol. The molecule has 0 atom stereocenters. The summed E-state index contributed by atoms with van der Waals surface area (Å²) in [5.74, 6) is -6.68. The number of alkyl halides is 2. The molecule has 0 aliphatic carbocycles. The van der Waals surface area contributed by atoms with Gasteiger partial charge in [0.1, 0.15) is 0 Å². The summed E-state index contributed by atoms with van der Waals surface area (Å²) in [6.45, 7) is 1.19. The van der Waals surface area contributed by atoms with Crippen LogP contribution >= 0.6 is 0 Å². The van der Waals surface area contributed by atoms with Crippen molar-refractivity contribution >= 4 is 11.8 Å². The van der Waals surface area contributed by atoms with Gasteiger partial charge >= 0.3 is 11.9 Å². The number of carbonyl (C=O) groups is 2. The minimum atomic E-state index is -3.99. The average Bonchev–Trinajstić information content (AvgIpc) is 2.51. The Morgan fingerprint density at radius 1 is 1.43 bits per heavy atom. The summed E-state index contributed by atoms with van der Waals surface area (Å²) in [6, 6.07) is 2.00. The van der Waals surface area contributed by atoms with E-state index in [9.17, 15) is 18.4 Å². The van der Waals surface area contributed by atoms with Crippen LogP contribution in [0.5, 0.6) is 0 Å². The van der Waals surface area contributed by atoms with Crippen LogP contribution in [0.2, 0.25) is 0 Å². The highest BCUT2D eigenvalue weighted by Gasteiger charge is 2.42. The summed E-state index contributed by atoms with van der Waals surface area (Å²) in [7, 11) is 0. The smallest absolute Gasteiger partial charge is 0.382 e. The van der Waals surface area contributed by atoms with Gasteiger partial charge in [0, 0.05) is 6.92 Å². The van der Waals surface area contributed by atoms with Crippen LogP contribution < -0.4 is 0 Å². The quantitative estimate of drug-likeness (QED) is 0.729. The number of halogens is 2. The molecule has 6 heteroatoms. The lowest BCUT2D eigenvalue weighted by Crippen LogP contribution is -2.25. The van der Waals surface area contributed by atoms with Crippen molar-refractivity contribution in [2.75, 3.05) is 0 Å². The molecular weight excluding hydrogens is 196 g/mol. The van der Waals surface area contributed by atoms with E-state index in [1.165, 1.54) is 6.92 Å². The Bertz CT molecular complexity index is 384. The first-order valence-corrected chi connectivity index (χ1v) is 3.67. The molecule has 1 aromatic heterocycles. The fourth-order valence-corrected chi connectivity index (χ4v) is 0.899. The second-order valence-corrected chi connectivity index (χ2v) is 2.72. The minimum absolute atomic E-state index is 0.0408. The standard InChI is InChI=1S/C8H7F2NO3/c1-4(12)5-2-3-6(11-5)8(9,10)7(13)14/h2-3,11H,1H3,(H,13,14). The van der Waals surface area contributed by atoms with Gasteiger partial charge in [0.15, 0.2) is 5.78 Å². The predicted molar refractivity (Wildman–Crippen MR) is 42.3 cm³/mol. The molecule has 0 saturated heterocycles. The summed E-state index contributed by atoms with van der Waals surface area (Å²) in [4.78, 5) is 22.9. The SMILES string of the molecule is CC(=O)c1ccc(C(F)(F)C(=O)O)[nH]1. The molecule has 1 heterocycles. The Hall–Kier alpha value is -1.72. The van der Waals surface area contributed by atoms with Crippen LogP contribution in [0.1, 0.15) is 23.1 Å². The van der Waals surface area contributed by atoms with Crippen molar-refractivity contribution in [1.82, 2.24) is 4.98 Å². The van der Waals surface area contributed by atoms with Crippen molar-refractivity contribution in [3.05, 3.63) is 23.5 Å². The van der Waals surface area contributed by atoms with E-state index < -0.39 is 23.4 Å². The maximum atomic E-state index is 12.8. The number of ketones is 1. The van der Waals surface area contributed by atoms with Crippen molar-refractivity contribution in [2.45, 2.75) is 12.8 Å². The van der Waals surface area contributed by atoms with Crippen LogP contribution in [0.3, 0.4) is 0 Å². The Morgan fingerprint density at radius 3 is 2.36 bits per heavy atom. The number of nitrogens with one attached hydrogen (secondary N) is 1. The molecule has 1 aromatic rings. The molecule has 14 heavy (non-hydrogen) atoms. The number of aromatic nitrogens is 1. The van der Waals surface area contributed by atoms with Crippen LogP contribution in [0.15, 0.2) is 12.1 Å². The zero-order valence-electron chi connectivity index (χ0n) is 7.17. The van der Waals surface area contributed by atoms with Gasteiger partial charge in [-0.25, -0.2) is 4.79 Å². The van der Waals surface area contributed by atoms with Gasteiger partial charge in [-0.3, -0.25) is 4.79 Å². The van der Waals surface area contributed by atoms with E-state index >= 15 is 0 Å². The third-order valence-electron chi connectivity index (χ3n) is 1.67. The number of rotatable bonds is 3. The molecule has 0 amide bonds.